The molecule has 1 fully saturated rings. The maximum atomic E-state index is 12.9. The molecule has 0 aliphatic heterocycles. The predicted octanol–water partition coefficient (Wildman–Crippen LogP) is 2.58. The van der Waals surface area contributed by atoms with Crippen LogP contribution in [0.5, 0.6) is 0 Å². The fraction of sp³-hybridized carbons (Fsp3) is 0.500. The van der Waals surface area contributed by atoms with Gasteiger partial charge in [-0.3, -0.25) is 4.79 Å². The van der Waals surface area contributed by atoms with E-state index in [0.29, 0.717) is 12.8 Å². The molecule has 2 rings (SSSR count). The van der Waals surface area contributed by atoms with Crippen LogP contribution in [-0.4, -0.2) is 16.1 Å². The van der Waals surface area contributed by atoms with E-state index < -0.39 is 11.9 Å². The van der Waals surface area contributed by atoms with Gasteiger partial charge in [-0.2, -0.15) is 4.39 Å². The van der Waals surface area contributed by atoms with Crippen molar-refractivity contribution in [2.45, 2.75) is 31.6 Å². The molecular weight excluding hydrogens is 209 g/mol. The first kappa shape index (κ1) is 11.0. The molecular formula is C12H14FNO2. The maximum Gasteiger partial charge on any atom is 0.306 e. The van der Waals surface area contributed by atoms with Crippen LogP contribution in [0.1, 0.15) is 37.3 Å². The summed E-state index contributed by atoms with van der Waals surface area (Å²) in [5.41, 5.74) is 0.754. The summed E-state index contributed by atoms with van der Waals surface area (Å²) in [6.07, 6.45) is 2.90. The van der Waals surface area contributed by atoms with Crippen molar-refractivity contribution in [2.24, 2.45) is 5.92 Å². The molecule has 3 nitrogen and oxygen atoms in total. The molecule has 0 radical (unpaired) electrons. The van der Waals surface area contributed by atoms with E-state index in [4.69, 9.17) is 5.11 Å². The van der Waals surface area contributed by atoms with Crippen LogP contribution in [0, 0.1) is 11.9 Å². The van der Waals surface area contributed by atoms with E-state index in [1.165, 1.54) is 6.07 Å². The van der Waals surface area contributed by atoms with Gasteiger partial charge in [0.25, 0.3) is 0 Å². The van der Waals surface area contributed by atoms with Crippen LogP contribution in [0.15, 0.2) is 18.2 Å². The van der Waals surface area contributed by atoms with Crippen molar-refractivity contribution in [3.63, 3.8) is 0 Å². The molecule has 0 unspecified atom stereocenters. The summed E-state index contributed by atoms with van der Waals surface area (Å²) in [7, 11) is 0. The second-order valence-corrected chi connectivity index (χ2v) is 4.27. The highest BCUT2D eigenvalue weighted by atomic mass is 19.1. The Hall–Kier alpha value is -1.45. The van der Waals surface area contributed by atoms with Crippen molar-refractivity contribution in [1.82, 2.24) is 4.98 Å². The minimum atomic E-state index is -0.717. The zero-order chi connectivity index (χ0) is 11.5. The lowest BCUT2D eigenvalue weighted by atomic mass is 9.80. The van der Waals surface area contributed by atoms with Crippen molar-refractivity contribution >= 4 is 5.97 Å². The molecule has 1 N–H and O–H groups in total. The Balaban J connectivity index is 2.01. The molecule has 86 valence electrons. The molecule has 4 heteroatoms. The van der Waals surface area contributed by atoms with E-state index in [1.807, 2.05) is 6.07 Å². The minimum absolute atomic E-state index is 0.214. The average Bonchev–Trinajstić information content (AvgIpc) is 2.29. The molecule has 0 aromatic carbocycles. The lowest BCUT2D eigenvalue weighted by Gasteiger charge is -2.25. The summed E-state index contributed by atoms with van der Waals surface area (Å²) in [4.78, 5) is 14.6. The zero-order valence-corrected chi connectivity index (χ0v) is 8.90. The van der Waals surface area contributed by atoms with Crippen LogP contribution in [0.3, 0.4) is 0 Å². The maximum absolute atomic E-state index is 12.9. The van der Waals surface area contributed by atoms with Gasteiger partial charge in [0.2, 0.25) is 5.95 Å². The van der Waals surface area contributed by atoms with Crippen LogP contribution in [0.25, 0.3) is 0 Å². The van der Waals surface area contributed by atoms with E-state index in [9.17, 15) is 9.18 Å². The standard InChI is InChI=1S/C12H14FNO2/c13-11-3-1-2-10(14-11)8-4-6-9(7-5-8)12(15)16/h1-3,8-9H,4-7H2,(H,15,16)/t8-,9-. The van der Waals surface area contributed by atoms with Crippen LogP contribution >= 0.6 is 0 Å². The number of aromatic nitrogens is 1. The monoisotopic (exact) mass is 223 g/mol. The molecule has 0 atom stereocenters. The number of hydrogen-bond acceptors (Lipinski definition) is 2. The summed E-state index contributed by atoms with van der Waals surface area (Å²) in [6.45, 7) is 0. The highest BCUT2D eigenvalue weighted by Gasteiger charge is 2.27. The molecule has 0 bridgehead atoms. The van der Waals surface area contributed by atoms with Crippen LogP contribution in [0.2, 0.25) is 0 Å². The lowest BCUT2D eigenvalue weighted by molar-refractivity contribution is -0.142. The molecule has 16 heavy (non-hydrogen) atoms. The third-order valence-electron chi connectivity index (χ3n) is 3.23. The van der Waals surface area contributed by atoms with E-state index in [-0.39, 0.29) is 11.8 Å². The van der Waals surface area contributed by atoms with E-state index >= 15 is 0 Å². The third-order valence-corrected chi connectivity index (χ3v) is 3.23. The molecule has 1 heterocycles. The van der Waals surface area contributed by atoms with Gasteiger partial charge in [0.1, 0.15) is 0 Å². The largest absolute Gasteiger partial charge is 0.481 e. The van der Waals surface area contributed by atoms with Gasteiger partial charge in [-0.1, -0.05) is 6.07 Å². The SMILES string of the molecule is O=C(O)[C@H]1CC[C@H](c2cccc(F)n2)CC1. The Kier molecular flexibility index (Phi) is 3.17. The van der Waals surface area contributed by atoms with Gasteiger partial charge in [-0.15, -0.1) is 0 Å². The Morgan fingerprint density at radius 1 is 1.31 bits per heavy atom. The summed E-state index contributed by atoms with van der Waals surface area (Å²) < 4.78 is 12.9. The predicted molar refractivity (Wildman–Crippen MR) is 56.5 cm³/mol. The number of carboxylic acids is 1. The van der Waals surface area contributed by atoms with Crippen molar-refractivity contribution in [3.8, 4) is 0 Å². The fourth-order valence-electron chi connectivity index (χ4n) is 2.29. The second kappa shape index (κ2) is 4.60. The molecule has 0 amide bonds. The van der Waals surface area contributed by atoms with Gasteiger partial charge in [0.05, 0.1) is 5.92 Å². The van der Waals surface area contributed by atoms with Crippen molar-refractivity contribution in [3.05, 3.63) is 29.8 Å². The molecule has 1 aromatic heterocycles. The highest BCUT2D eigenvalue weighted by molar-refractivity contribution is 5.70. The Labute approximate surface area is 93.3 Å². The number of aliphatic carboxylic acids is 1. The first-order valence-corrected chi connectivity index (χ1v) is 5.52. The third kappa shape index (κ3) is 2.38. The van der Waals surface area contributed by atoms with Gasteiger partial charge in [0, 0.05) is 11.6 Å². The summed E-state index contributed by atoms with van der Waals surface area (Å²) in [5.74, 6) is -1.19. The minimum Gasteiger partial charge on any atom is -0.481 e. The Morgan fingerprint density at radius 2 is 2.00 bits per heavy atom. The molecule has 0 saturated heterocycles. The summed E-state index contributed by atoms with van der Waals surface area (Å²) in [6, 6.07) is 4.79. The van der Waals surface area contributed by atoms with Gasteiger partial charge in [-0.05, 0) is 37.8 Å². The molecule has 1 saturated carbocycles. The number of carboxylic acid groups (broad SMARTS) is 1. The Morgan fingerprint density at radius 3 is 2.56 bits per heavy atom. The van der Waals surface area contributed by atoms with Crippen molar-refractivity contribution in [2.75, 3.05) is 0 Å². The van der Waals surface area contributed by atoms with Crippen LogP contribution in [0.4, 0.5) is 4.39 Å². The molecule has 1 aromatic rings. The molecule has 1 aliphatic rings. The lowest BCUT2D eigenvalue weighted by Crippen LogP contribution is -2.21. The first-order chi connectivity index (χ1) is 7.66. The van der Waals surface area contributed by atoms with Gasteiger partial charge in [-0.25, -0.2) is 4.98 Å². The number of carbonyl (C=O) groups is 1. The Bertz CT molecular complexity index is 386. The van der Waals surface area contributed by atoms with Gasteiger partial charge < -0.3 is 5.11 Å². The number of hydrogen-bond donors (Lipinski definition) is 1. The first-order valence-electron chi connectivity index (χ1n) is 5.52. The summed E-state index contributed by atoms with van der Waals surface area (Å²) >= 11 is 0. The van der Waals surface area contributed by atoms with E-state index in [0.717, 1.165) is 18.5 Å². The number of rotatable bonds is 2. The van der Waals surface area contributed by atoms with Crippen LogP contribution in [-0.2, 0) is 4.79 Å². The topological polar surface area (TPSA) is 50.2 Å². The fourth-order valence-corrected chi connectivity index (χ4v) is 2.29. The van der Waals surface area contributed by atoms with Gasteiger partial charge in [0.15, 0.2) is 0 Å². The quantitative estimate of drug-likeness (QED) is 0.784. The normalized spacial score (nSPS) is 25.3. The van der Waals surface area contributed by atoms with E-state index in [2.05, 4.69) is 4.98 Å². The van der Waals surface area contributed by atoms with Crippen molar-refractivity contribution in [1.29, 1.82) is 0 Å². The molecule has 0 spiro atoms. The average molecular weight is 223 g/mol. The second-order valence-electron chi connectivity index (χ2n) is 4.27. The van der Waals surface area contributed by atoms with E-state index in [1.54, 1.807) is 6.07 Å². The van der Waals surface area contributed by atoms with Crippen molar-refractivity contribution < 1.29 is 14.3 Å². The smallest absolute Gasteiger partial charge is 0.306 e. The van der Waals surface area contributed by atoms with Gasteiger partial charge >= 0.3 is 5.97 Å². The summed E-state index contributed by atoms with van der Waals surface area (Å²) in [5, 5.41) is 8.86. The number of nitrogens with zero attached hydrogens (tertiary/aromatic N) is 1. The zero-order valence-electron chi connectivity index (χ0n) is 8.90. The number of halogens is 1. The highest BCUT2D eigenvalue weighted by Crippen LogP contribution is 2.34. The number of pyridine rings is 1. The molecule has 1 aliphatic carbocycles. The van der Waals surface area contributed by atoms with Crippen LogP contribution < -0.4 is 0 Å².